The van der Waals surface area contributed by atoms with Crippen molar-refractivity contribution in [2.24, 2.45) is 0 Å². The van der Waals surface area contributed by atoms with Gasteiger partial charge in [0.2, 0.25) is 5.95 Å². The summed E-state index contributed by atoms with van der Waals surface area (Å²) < 4.78 is 10.1. The molecule has 0 saturated carbocycles. The number of aromatic nitrogens is 2. The predicted octanol–water partition coefficient (Wildman–Crippen LogP) is 1.80. The molecule has 22 heavy (non-hydrogen) atoms. The summed E-state index contributed by atoms with van der Waals surface area (Å²) in [5.41, 5.74) is 0.850. The molecule has 2 rings (SSSR count). The first-order chi connectivity index (χ1) is 10.7. The van der Waals surface area contributed by atoms with Gasteiger partial charge in [0.1, 0.15) is 11.4 Å². The van der Waals surface area contributed by atoms with Gasteiger partial charge in [-0.2, -0.15) is 0 Å². The molecule has 1 heterocycles. The van der Waals surface area contributed by atoms with Crippen LogP contribution in [-0.2, 0) is 4.74 Å². The van der Waals surface area contributed by atoms with E-state index < -0.39 is 0 Å². The summed E-state index contributed by atoms with van der Waals surface area (Å²) in [6.07, 6.45) is 1.53. The Morgan fingerprint density at radius 1 is 1.23 bits per heavy atom. The highest BCUT2D eigenvalue weighted by Gasteiger charge is 2.11. The maximum absolute atomic E-state index is 12.3. The molecule has 0 aliphatic rings. The van der Waals surface area contributed by atoms with Crippen molar-refractivity contribution in [2.45, 2.75) is 0 Å². The van der Waals surface area contributed by atoms with Crippen LogP contribution in [0.4, 0.5) is 11.6 Å². The van der Waals surface area contributed by atoms with E-state index in [4.69, 9.17) is 9.47 Å². The molecule has 1 aromatic heterocycles. The summed E-state index contributed by atoms with van der Waals surface area (Å²) in [5.74, 6) is 0.634. The van der Waals surface area contributed by atoms with Crippen molar-refractivity contribution in [3.8, 4) is 5.75 Å². The Morgan fingerprint density at radius 3 is 2.82 bits per heavy atom. The highest BCUT2D eigenvalue weighted by molar-refractivity contribution is 6.03. The smallest absolute Gasteiger partial charge is 0.274 e. The molecular weight excluding hydrogens is 284 g/mol. The number of carbonyl (C=O) groups is 1. The van der Waals surface area contributed by atoms with Crippen molar-refractivity contribution in [2.75, 3.05) is 38.0 Å². The quantitative estimate of drug-likeness (QED) is 0.759. The fourth-order valence-corrected chi connectivity index (χ4v) is 1.77. The number of hydrogen-bond donors (Lipinski definition) is 2. The minimum atomic E-state index is -0.332. The van der Waals surface area contributed by atoms with Gasteiger partial charge in [0.25, 0.3) is 5.91 Å². The third-order valence-electron chi connectivity index (χ3n) is 2.83. The minimum Gasteiger partial charge on any atom is -0.495 e. The van der Waals surface area contributed by atoms with Crippen LogP contribution in [0.5, 0.6) is 5.75 Å². The van der Waals surface area contributed by atoms with E-state index in [1.54, 1.807) is 32.4 Å². The standard InChI is InChI=1S/C15H18N4O3/c1-21-10-9-17-15-16-8-7-12(19-15)14(20)18-11-5-3-4-6-13(11)22-2/h3-8H,9-10H2,1-2H3,(H,18,20)(H,16,17,19). The molecule has 0 spiro atoms. The molecule has 0 radical (unpaired) electrons. The van der Waals surface area contributed by atoms with E-state index in [1.165, 1.54) is 6.20 Å². The van der Waals surface area contributed by atoms with Crippen LogP contribution < -0.4 is 15.4 Å². The molecule has 1 aromatic carbocycles. The highest BCUT2D eigenvalue weighted by Crippen LogP contribution is 2.23. The van der Waals surface area contributed by atoms with E-state index in [1.807, 2.05) is 12.1 Å². The van der Waals surface area contributed by atoms with E-state index >= 15 is 0 Å². The second kappa shape index (κ2) is 7.94. The number of para-hydroxylation sites is 2. The number of methoxy groups -OCH3 is 2. The van der Waals surface area contributed by atoms with Gasteiger partial charge < -0.3 is 20.1 Å². The van der Waals surface area contributed by atoms with Crippen LogP contribution in [0, 0.1) is 0 Å². The zero-order valence-corrected chi connectivity index (χ0v) is 12.5. The van der Waals surface area contributed by atoms with Crippen molar-refractivity contribution in [1.82, 2.24) is 9.97 Å². The molecule has 0 aliphatic heterocycles. The lowest BCUT2D eigenvalue weighted by atomic mass is 10.2. The van der Waals surface area contributed by atoms with E-state index in [0.717, 1.165) is 0 Å². The van der Waals surface area contributed by atoms with E-state index in [0.29, 0.717) is 30.5 Å². The zero-order valence-electron chi connectivity index (χ0n) is 12.5. The fraction of sp³-hybridized carbons (Fsp3) is 0.267. The molecule has 0 atom stereocenters. The molecule has 0 aliphatic carbocycles. The molecule has 7 heteroatoms. The van der Waals surface area contributed by atoms with Gasteiger partial charge in [-0.1, -0.05) is 12.1 Å². The third-order valence-corrected chi connectivity index (χ3v) is 2.83. The van der Waals surface area contributed by atoms with Gasteiger partial charge in [-0.05, 0) is 18.2 Å². The Balaban J connectivity index is 2.07. The molecule has 2 aromatic rings. The second-order valence-corrected chi connectivity index (χ2v) is 4.34. The molecule has 2 N–H and O–H groups in total. The molecule has 7 nitrogen and oxygen atoms in total. The molecule has 0 unspecified atom stereocenters. The summed E-state index contributed by atoms with van der Waals surface area (Å²) >= 11 is 0. The number of nitrogens with zero attached hydrogens (tertiary/aromatic N) is 2. The first-order valence-electron chi connectivity index (χ1n) is 6.75. The summed E-state index contributed by atoms with van der Waals surface area (Å²) in [6.45, 7) is 1.09. The Kier molecular flexibility index (Phi) is 5.67. The Bertz CT molecular complexity index is 634. The van der Waals surface area contributed by atoms with Crippen LogP contribution in [0.25, 0.3) is 0 Å². The summed E-state index contributed by atoms with van der Waals surface area (Å²) in [7, 11) is 3.16. The highest BCUT2D eigenvalue weighted by atomic mass is 16.5. The van der Waals surface area contributed by atoms with Crippen LogP contribution in [-0.4, -0.2) is 43.2 Å². The lowest BCUT2D eigenvalue weighted by Crippen LogP contribution is -2.16. The average molecular weight is 302 g/mol. The average Bonchev–Trinajstić information content (AvgIpc) is 2.56. The van der Waals surface area contributed by atoms with Crippen molar-refractivity contribution >= 4 is 17.5 Å². The van der Waals surface area contributed by atoms with Crippen molar-refractivity contribution in [3.63, 3.8) is 0 Å². The molecule has 0 bridgehead atoms. The van der Waals surface area contributed by atoms with Gasteiger partial charge in [-0.25, -0.2) is 9.97 Å². The maximum Gasteiger partial charge on any atom is 0.274 e. The Labute approximate surface area is 128 Å². The third kappa shape index (κ3) is 4.16. The Morgan fingerprint density at radius 2 is 2.05 bits per heavy atom. The van der Waals surface area contributed by atoms with Gasteiger partial charge in [0.15, 0.2) is 0 Å². The first kappa shape index (κ1) is 15.7. The van der Waals surface area contributed by atoms with Crippen LogP contribution in [0.2, 0.25) is 0 Å². The lowest BCUT2D eigenvalue weighted by molar-refractivity contribution is 0.102. The van der Waals surface area contributed by atoms with Gasteiger partial charge in [-0.15, -0.1) is 0 Å². The van der Waals surface area contributed by atoms with Crippen molar-refractivity contribution < 1.29 is 14.3 Å². The number of nitrogens with one attached hydrogen (secondary N) is 2. The second-order valence-electron chi connectivity index (χ2n) is 4.34. The number of benzene rings is 1. The lowest BCUT2D eigenvalue weighted by Gasteiger charge is -2.10. The number of rotatable bonds is 7. The van der Waals surface area contributed by atoms with Crippen LogP contribution >= 0.6 is 0 Å². The van der Waals surface area contributed by atoms with Crippen molar-refractivity contribution in [1.29, 1.82) is 0 Å². The molecular formula is C15H18N4O3. The van der Waals surface area contributed by atoms with Crippen LogP contribution in [0.1, 0.15) is 10.5 Å². The normalized spacial score (nSPS) is 10.1. The Hall–Kier alpha value is -2.67. The fourth-order valence-electron chi connectivity index (χ4n) is 1.77. The summed E-state index contributed by atoms with van der Waals surface area (Å²) in [4.78, 5) is 20.5. The maximum atomic E-state index is 12.3. The van der Waals surface area contributed by atoms with E-state index in [2.05, 4.69) is 20.6 Å². The largest absolute Gasteiger partial charge is 0.495 e. The molecule has 0 fully saturated rings. The van der Waals surface area contributed by atoms with Gasteiger partial charge >= 0.3 is 0 Å². The predicted molar refractivity (Wildman–Crippen MR) is 83.3 cm³/mol. The topological polar surface area (TPSA) is 85.4 Å². The summed E-state index contributed by atoms with van der Waals surface area (Å²) in [5, 5.41) is 5.74. The monoisotopic (exact) mass is 302 g/mol. The minimum absolute atomic E-state index is 0.265. The number of anilines is 2. The molecule has 1 amide bonds. The first-order valence-corrected chi connectivity index (χ1v) is 6.75. The van der Waals surface area contributed by atoms with Gasteiger partial charge in [0, 0.05) is 19.9 Å². The SMILES string of the molecule is COCCNc1nccc(C(=O)Nc2ccccc2OC)n1. The number of ether oxygens (including phenoxy) is 2. The van der Waals surface area contributed by atoms with Gasteiger partial charge in [-0.3, -0.25) is 4.79 Å². The molecule has 116 valence electrons. The number of carbonyl (C=O) groups excluding carboxylic acids is 1. The molecule has 0 saturated heterocycles. The van der Waals surface area contributed by atoms with E-state index in [9.17, 15) is 4.79 Å². The van der Waals surface area contributed by atoms with Crippen LogP contribution in [0.15, 0.2) is 36.5 Å². The van der Waals surface area contributed by atoms with Crippen molar-refractivity contribution in [3.05, 3.63) is 42.2 Å². The summed E-state index contributed by atoms with van der Waals surface area (Å²) in [6, 6.07) is 8.72. The number of amides is 1. The van der Waals surface area contributed by atoms with Gasteiger partial charge in [0.05, 0.1) is 19.4 Å². The zero-order chi connectivity index (χ0) is 15.8. The number of hydrogen-bond acceptors (Lipinski definition) is 6. The van der Waals surface area contributed by atoms with Crippen LogP contribution in [0.3, 0.4) is 0 Å². The van der Waals surface area contributed by atoms with E-state index in [-0.39, 0.29) is 11.6 Å².